The summed E-state index contributed by atoms with van der Waals surface area (Å²) in [7, 11) is 0. The molecule has 0 bridgehead atoms. The summed E-state index contributed by atoms with van der Waals surface area (Å²) in [5.74, 6) is 1.35. The molecule has 4 rings (SSSR count). The Balaban J connectivity index is 1.64. The highest BCUT2D eigenvalue weighted by Gasteiger charge is 2.17. The van der Waals surface area contributed by atoms with Gasteiger partial charge in [-0.25, -0.2) is 4.79 Å². The van der Waals surface area contributed by atoms with Gasteiger partial charge in [-0.1, -0.05) is 30.3 Å². The van der Waals surface area contributed by atoms with Gasteiger partial charge in [0.05, 0.1) is 11.1 Å². The van der Waals surface area contributed by atoms with E-state index in [0.717, 1.165) is 11.1 Å². The van der Waals surface area contributed by atoms with Gasteiger partial charge in [0.1, 0.15) is 23.9 Å². The Morgan fingerprint density at radius 3 is 2.41 bits per heavy atom. The van der Waals surface area contributed by atoms with Gasteiger partial charge in [0, 0.05) is 36.4 Å². The SMILES string of the molecule is CCNC(=O)Nc1ccc(Oc2ccnc3cc(OCc4ccccc4)c(C(=O)NCC)cc23)cc1C. The molecule has 8 nitrogen and oxygen atoms in total. The smallest absolute Gasteiger partial charge is 0.319 e. The number of hydrogen-bond acceptors (Lipinski definition) is 5. The molecule has 0 aliphatic carbocycles. The summed E-state index contributed by atoms with van der Waals surface area (Å²) < 4.78 is 12.3. The Morgan fingerprint density at radius 1 is 0.892 bits per heavy atom. The second kappa shape index (κ2) is 11.9. The summed E-state index contributed by atoms with van der Waals surface area (Å²) in [5.41, 5.74) is 3.58. The van der Waals surface area contributed by atoms with Gasteiger partial charge in [0.25, 0.3) is 5.91 Å². The van der Waals surface area contributed by atoms with E-state index in [9.17, 15) is 9.59 Å². The van der Waals surface area contributed by atoms with Crippen molar-refractivity contribution in [1.82, 2.24) is 15.6 Å². The molecule has 0 fully saturated rings. The maximum Gasteiger partial charge on any atom is 0.319 e. The molecule has 1 heterocycles. The molecule has 0 saturated carbocycles. The van der Waals surface area contributed by atoms with Crippen molar-refractivity contribution in [3.8, 4) is 17.2 Å². The van der Waals surface area contributed by atoms with Crippen LogP contribution in [0.3, 0.4) is 0 Å². The number of fused-ring (bicyclic) bond motifs is 1. The molecular formula is C29H30N4O4. The fraction of sp³-hybridized carbons (Fsp3) is 0.207. The summed E-state index contributed by atoms with van der Waals surface area (Å²) in [6.45, 7) is 6.97. The largest absolute Gasteiger partial charge is 0.488 e. The van der Waals surface area contributed by atoms with E-state index in [1.807, 2.05) is 57.2 Å². The predicted octanol–water partition coefficient (Wildman–Crippen LogP) is 5.81. The number of anilines is 1. The Bertz CT molecular complexity index is 1410. The third-order valence-corrected chi connectivity index (χ3v) is 5.63. The number of nitrogens with one attached hydrogen (secondary N) is 3. The molecule has 3 N–H and O–H groups in total. The summed E-state index contributed by atoms with van der Waals surface area (Å²) in [5, 5.41) is 9.06. The van der Waals surface area contributed by atoms with Crippen molar-refractivity contribution >= 4 is 28.5 Å². The van der Waals surface area contributed by atoms with Crippen molar-refractivity contribution in [1.29, 1.82) is 0 Å². The van der Waals surface area contributed by atoms with Crippen molar-refractivity contribution in [2.75, 3.05) is 18.4 Å². The number of ether oxygens (including phenoxy) is 2. The number of nitrogens with zero attached hydrogens (tertiary/aromatic N) is 1. The van der Waals surface area contributed by atoms with E-state index in [4.69, 9.17) is 9.47 Å². The van der Waals surface area contributed by atoms with E-state index in [1.54, 1.807) is 36.5 Å². The average molecular weight is 499 g/mol. The quantitative estimate of drug-likeness (QED) is 0.270. The van der Waals surface area contributed by atoms with Crippen LogP contribution < -0.4 is 25.4 Å². The minimum Gasteiger partial charge on any atom is -0.488 e. The molecule has 0 aliphatic heterocycles. The number of urea groups is 1. The molecule has 0 radical (unpaired) electrons. The molecule has 0 spiro atoms. The lowest BCUT2D eigenvalue weighted by atomic mass is 10.1. The van der Waals surface area contributed by atoms with Crippen LogP contribution >= 0.6 is 0 Å². The third-order valence-electron chi connectivity index (χ3n) is 5.63. The van der Waals surface area contributed by atoms with E-state index in [0.29, 0.717) is 59.1 Å². The van der Waals surface area contributed by atoms with Crippen LogP contribution in [0.15, 0.2) is 72.9 Å². The topological polar surface area (TPSA) is 102 Å². The van der Waals surface area contributed by atoms with E-state index >= 15 is 0 Å². The highest BCUT2D eigenvalue weighted by atomic mass is 16.5. The second-order valence-electron chi connectivity index (χ2n) is 8.37. The fourth-order valence-electron chi connectivity index (χ4n) is 3.82. The van der Waals surface area contributed by atoms with Crippen LogP contribution in [-0.4, -0.2) is 30.0 Å². The summed E-state index contributed by atoms with van der Waals surface area (Å²) in [6, 6.07) is 20.2. The molecule has 37 heavy (non-hydrogen) atoms. The monoisotopic (exact) mass is 498 g/mol. The van der Waals surface area contributed by atoms with Gasteiger partial charge in [-0.2, -0.15) is 0 Å². The molecule has 8 heteroatoms. The normalized spacial score (nSPS) is 10.6. The summed E-state index contributed by atoms with van der Waals surface area (Å²) >= 11 is 0. The van der Waals surface area contributed by atoms with Crippen LogP contribution in [0.2, 0.25) is 0 Å². The minimum absolute atomic E-state index is 0.237. The van der Waals surface area contributed by atoms with Gasteiger partial charge in [-0.05, 0) is 62.2 Å². The van der Waals surface area contributed by atoms with Crippen molar-refractivity contribution in [3.63, 3.8) is 0 Å². The lowest BCUT2D eigenvalue weighted by molar-refractivity contribution is 0.0951. The molecule has 4 aromatic rings. The van der Waals surface area contributed by atoms with Crippen LogP contribution in [0, 0.1) is 6.92 Å². The lowest BCUT2D eigenvalue weighted by Crippen LogP contribution is -2.28. The van der Waals surface area contributed by atoms with Crippen LogP contribution in [0.4, 0.5) is 10.5 Å². The first-order valence-corrected chi connectivity index (χ1v) is 12.2. The molecule has 0 unspecified atom stereocenters. The van der Waals surface area contributed by atoms with E-state index < -0.39 is 0 Å². The summed E-state index contributed by atoms with van der Waals surface area (Å²) in [6.07, 6.45) is 1.66. The zero-order valence-electron chi connectivity index (χ0n) is 21.1. The number of aryl methyl sites for hydroxylation is 1. The highest BCUT2D eigenvalue weighted by molar-refractivity contribution is 6.02. The molecule has 190 valence electrons. The maximum atomic E-state index is 12.9. The number of carbonyl (C=O) groups excluding carboxylic acids is 2. The standard InChI is InChI=1S/C29H30N4O4/c1-4-30-28(34)23-16-22-25(17-27(23)36-18-20-9-7-6-8-10-20)32-14-13-26(22)37-21-11-12-24(19(3)15-21)33-29(35)31-5-2/h6-17H,4-5,18H2,1-3H3,(H,30,34)(H2,31,33,35). The molecule has 0 aliphatic rings. The van der Waals surface area contributed by atoms with Crippen molar-refractivity contribution in [2.45, 2.75) is 27.4 Å². The van der Waals surface area contributed by atoms with Crippen LogP contribution in [0.5, 0.6) is 17.2 Å². The van der Waals surface area contributed by atoms with Gasteiger partial charge in [0.2, 0.25) is 0 Å². The van der Waals surface area contributed by atoms with E-state index in [1.165, 1.54) is 0 Å². The Hall–Kier alpha value is -4.59. The third kappa shape index (κ3) is 6.35. The Morgan fingerprint density at radius 2 is 1.68 bits per heavy atom. The van der Waals surface area contributed by atoms with Gasteiger partial charge in [-0.3, -0.25) is 9.78 Å². The van der Waals surface area contributed by atoms with Crippen molar-refractivity contribution in [2.24, 2.45) is 0 Å². The molecule has 3 aromatic carbocycles. The molecular weight excluding hydrogens is 468 g/mol. The van der Waals surface area contributed by atoms with Gasteiger partial charge in [0.15, 0.2) is 0 Å². The van der Waals surface area contributed by atoms with Crippen molar-refractivity contribution < 1.29 is 19.1 Å². The highest BCUT2D eigenvalue weighted by Crippen LogP contribution is 2.34. The van der Waals surface area contributed by atoms with Gasteiger partial charge in [-0.15, -0.1) is 0 Å². The average Bonchev–Trinajstić information content (AvgIpc) is 2.89. The first-order chi connectivity index (χ1) is 18.0. The Labute approximate surface area is 216 Å². The molecule has 0 saturated heterocycles. The zero-order valence-corrected chi connectivity index (χ0v) is 21.1. The molecule has 1 aromatic heterocycles. The predicted molar refractivity (Wildman–Crippen MR) is 144 cm³/mol. The zero-order chi connectivity index (χ0) is 26.2. The van der Waals surface area contributed by atoms with Crippen LogP contribution in [-0.2, 0) is 6.61 Å². The van der Waals surface area contributed by atoms with E-state index in [-0.39, 0.29) is 11.9 Å². The van der Waals surface area contributed by atoms with Crippen molar-refractivity contribution in [3.05, 3.63) is 89.6 Å². The minimum atomic E-state index is -0.262. The second-order valence-corrected chi connectivity index (χ2v) is 8.37. The Kier molecular flexibility index (Phi) is 8.20. The first-order valence-electron chi connectivity index (χ1n) is 12.2. The number of pyridine rings is 1. The van der Waals surface area contributed by atoms with Gasteiger partial charge >= 0.3 is 6.03 Å². The number of benzene rings is 3. The molecule has 3 amide bonds. The first kappa shape index (κ1) is 25.5. The van der Waals surface area contributed by atoms with E-state index in [2.05, 4.69) is 20.9 Å². The number of rotatable bonds is 9. The summed E-state index contributed by atoms with van der Waals surface area (Å²) in [4.78, 5) is 29.3. The van der Waals surface area contributed by atoms with Crippen LogP contribution in [0.25, 0.3) is 10.9 Å². The lowest BCUT2D eigenvalue weighted by Gasteiger charge is -2.15. The molecule has 0 atom stereocenters. The fourth-order valence-corrected chi connectivity index (χ4v) is 3.82. The number of aromatic nitrogens is 1. The number of hydrogen-bond donors (Lipinski definition) is 3. The number of amides is 3. The number of carbonyl (C=O) groups is 2. The van der Waals surface area contributed by atoms with Crippen LogP contribution in [0.1, 0.15) is 35.3 Å². The van der Waals surface area contributed by atoms with Gasteiger partial charge < -0.3 is 25.4 Å². The maximum absolute atomic E-state index is 12.9.